The first-order chi connectivity index (χ1) is 8.86. The topological polar surface area (TPSA) is 162 Å². The molecule has 1 aliphatic carbocycles. The highest BCUT2D eigenvalue weighted by molar-refractivity contribution is 5.97. The number of hydrogen-bond acceptors (Lipinski definition) is 6. The number of rotatable bonds is 4. The average molecular weight is 268 g/mol. The van der Waals surface area contributed by atoms with Gasteiger partial charge in [0.15, 0.2) is 0 Å². The fourth-order valence-electron chi connectivity index (χ4n) is 1.73. The molecule has 8 nitrogen and oxygen atoms in total. The molecule has 0 spiro atoms. The maximum atomic E-state index is 11.8. The highest BCUT2D eigenvalue weighted by Gasteiger charge is 2.31. The van der Waals surface area contributed by atoms with Crippen LogP contribution in [0.1, 0.15) is 12.8 Å². The lowest BCUT2D eigenvalue weighted by atomic mass is 9.90. The molecule has 0 radical (unpaired) electrons. The summed E-state index contributed by atoms with van der Waals surface area (Å²) in [7, 11) is 0. The minimum absolute atomic E-state index is 0.0846. The van der Waals surface area contributed by atoms with E-state index in [9.17, 15) is 19.8 Å². The maximum Gasteiger partial charge on any atom is 0.247 e. The lowest BCUT2D eigenvalue weighted by Crippen LogP contribution is -2.49. The van der Waals surface area contributed by atoms with Crippen molar-refractivity contribution in [3.05, 3.63) is 11.6 Å². The van der Waals surface area contributed by atoms with E-state index < -0.39 is 36.1 Å². The number of carbonyl (C=O) groups excluding carboxylic acids is 2. The van der Waals surface area contributed by atoms with Gasteiger partial charge in [0.05, 0.1) is 30.7 Å². The predicted octanol–water partition coefficient (Wildman–Crippen LogP) is -2.75. The van der Waals surface area contributed by atoms with Crippen molar-refractivity contribution in [3.8, 4) is 6.07 Å². The van der Waals surface area contributed by atoms with Crippen molar-refractivity contribution in [2.45, 2.75) is 37.1 Å². The molecule has 4 atom stereocenters. The van der Waals surface area contributed by atoms with Crippen LogP contribution in [0.4, 0.5) is 0 Å². The lowest BCUT2D eigenvalue weighted by molar-refractivity contribution is -0.125. The van der Waals surface area contributed by atoms with Gasteiger partial charge in [-0.3, -0.25) is 9.59 Å². The Balaban J connectivity index is 2.76. The molecule has 1 aliphatic rings. The number of aliphatic hydroxyl groups is 2. The van der Waals surface area contributed by atoms with Gasteiger partial charge in [0.1, 0.15) is 6.04 Å². The van der Waals surface area contributed by atoms with Crippen LogP contribution in [0.3, 0.4) is 0 Å². The molecule has 0 fully saturated rings. The highest BCUT2D eigenvalue weighted by atomic mass is 16.3. The zero-order chi connectivity index (χ0) is 14.6. The Morgan fingerprint density at radius 2 is 2.21 bits per heavy atom. The third-order valence-electron chi connectivity index (χ3n) is 2.85. The number of aliphatic hydroxyl groups excluding tert-OH is 2. The van der Waals surface area contributed by atoms with E-state index in [2.05, 4.69) is 5.32 Å². The van der Waals surface area contributed by atoms with E-state index in [0.29, 0.717) is 0 Å². The fraction of sp³-hybridized carbons (Fsp3) is 0.545. The first kappa shape index (κ1) is 15.1. The molecule has 2 amide bonds. The minimum atomic E-state index is -1.15. The largest absolute Gasteiger partial charge is 0.390 e. The number of nitrogens with zero attached hydrogens (tertiary/aromatic N) is 1. The number of hydrogen-bond donors (Lipinski definition) is 5. The van der Waals surface area contributed by atoms with Gasteiger partial charge in [-0.2, -0.15) is 5.26 Å². The van der Waals surface area contributed by atoms with Gasteiger partial charge in [-0.1, -0.05) is 6.08 Å². The van der Waals surface area contributed by atoms with E-state index >= 15 is 0 Å². The van der Waals surface area contributed by atoms with E-state index in [0.717, 1.165) is 0 Å². The first-order valence-electron chi connectivity index (χ1n) is 5.66. The summed E-state index contributed by atoms with van der Waals surface area (Å²) >= 11 is 0. The number of nitriles is 1. The standard InChI is InChI=1S/C11H16N4O4/c12-2-1-7(10(14)18)15-11(19)5-3-6(13)9(17)8(16)4-5/h3,6-9,16-17H,1,4,13H2,(H2,14,18)(H,15,19)/t6-,7-,8-,9-/m1/s1. The number of primary amides is 1. The summed E-state index contributed by atoms with van der Waals surface area (Å²) in [5.74, 6) is -1.46. The van der Waals surface area contributed by atoms with Gasteiger partial charge in [0.2, 0.25) is 11.8 Å². The highest BCUT2D eigenvalue weighted by Crippen LogP contribution is 2.18. The molecule has 0 aromatic carbocycles. The molecule has 8 heteroatoms. The number of nitrogens with one attached hydrogen (secondary N) is 1. The van der Waals surface area contributed by atoms with Crippen LogP contribution in [0.5, 0.6) is 0 Å². The summed E-state index contributed by atoms with van der Waals surface area (Å²) in [5.41, 5.74) is 10.7. The Hall–Kier alpha value is -1.95. The van der Waals surface area contributed by atoms with Gasteiger partial charge in [0.25, 0.3) is 0 Å². The molecule has 104 valence electrons. The molecule has 0 unspecified atom stereocenters. The summed E-state index contributed by atoms with van der Waals surface area (Å²) in [5, 5.41) is 29.8. The van der Waals surface area contributed by atoms with Gasteiger partial charge in [0, 0.05) is 12.0 Å². The summed E-state index contributed by atoms with van der Waals surface area (Å²) in [6, 6.07) is -0.234. The fourth-order valence-corrected chi connectivity index (χ4v) is 1.73. The number of carbonyl (C=O) groups is 2. The molecule has 19 heavy (non-hydrogen) atoms. The Kier molecular flexibility index (Phi) is 5.00. The molecule has 0 heterocycles. The molecule has 0 aromatic rings. The van der Waals surface area contributed by atoms with Gasteiger partial charge in [-0.25, -0.2) is 0 Å². The maximum absolute atomic E-state index is 11.8. The molecule has 0 bridgehead atoms. The monoisotopic (exact) mass is 268 g/mol. The van der Waals surface area contributed by atoms with Crippen LogP contribution in [0.25, 0.3) is 0 Å². The Morgan fingerprint density at radius 1 is 1.58 bits per heavy atom. The zero-order valence-corrected chi connectivity index (χ0v) is 10.1. The van der Waals surface area contributed by atoms with Gasteiger partial charge in [-0.05, 0) is 0 Å². The van der Waals surface area contributed by atoms with E-state index in [1.807, 2.05) is 0 Å². The second kappa shape index (κ2) is 6.29. The van der Waals surface area contributed by atoms with Crippen LogP contribution in [0.2, 0.25) is 0 Å². The lowest BCUT2D eigenvalue weighted by Gasteiger charge is -2.28. The summed E-state index contributed by atoms with van der Waals surface area (Å²) < 4.78 is 0. The van der Waals surface area contributed by atoms with E-state index in [1.54, 1.807) is 6.07 Å². The number of nitrogens with two attached hydrogens (primary N) is 2. The van der Waals surface area contributed by atoms with E-state index in [1.165, 1.54) is 6.08 Å². The van der Waals surface area contributed by atoms with Crippen molar-refractivity contribution in [2.75, 3.05) is 0 Å². The quantitative estimate of drug-likeness (QED) is 0.371. The molecule has 0 saturated heterocycles. The van der Waals surface area contributed by atoms with Crippen molar-refractivity contribution in [1.82, 2.24) is 5.32 Å². The third kappa shape index (κ3) is 3.75. The zero-order valence-electron chi connectivity index (χ0n) is 10.1. The molecule has 1 rings (SSSR count). The average Bonchev–Trinajstić information content (AvgIpc) is 2.34. The van der Waals surface area contributed by atoms with Crippen LogP contribution in [0.15, 0.2) is 11.6 Å². The molecule has 7 N–H and O–H groups in total. The molecule has 0 aliphatic heterocycles. The predicted molar refractivity (Wildman–Crippen MR) is 64.0 cm³/mol. The van der Waals surface area contributed by atoms with Crippen molar-refractivity contribution in [2.24, 2.45) is 11.5 Å². The van der Waals surface area contributed by atoms with Crippen molar-refractivity contribution in [1.29, 1.82) is 5.26 Å². The smallest absolute Gasteiger partial charge is 0.247 e. The van der Waals surface area contributed by atoms with E-state index in [-0.39, 0.29) is 18.4 Å². The van der Waals surface area contributed by atoms with Crippen molar-refractivity contribution >= 4 is 11.8 Å². The van der Waals surface area contributed by atoms with Crippen molar-refractivity contribution in [3.63, 3.8) is 0 Å². The molecule has 0 aromatic heterocycles. The second-order valence-electron chi connectivity index (χ2n) is 4.32. The summed E-state index contributed by atoms with van der Waals surface area (Å²) in [4.78, 5) is 22.9. The molecular formula is C11H16N4O4. The normalized spacial score (nSPS) is 27.9. The Labute approximate surface area is 109 Å². The molecular weight excluding hydrogens is 252 g/mol. The van der Waals surface area contributed by atoms with Gasteiger partial charge < -0.3 is 27.0 Å². The summed E-state index contributed by atoms with van der Waals surface area (Å²) in [6.07, 6.45) is -1.30. The van der Waals surface area contributed by atoms with Gasteiger partial charge in [-0.15, -0.1) is 0 Å². The molecule has 0 saturated carbocycles. The minimum Gasteiger partial charge on any atom is -0.390 e. The van der Waals surface area contributed by atoms with Crippen LogP contribution in [-0.4, -0.2) is 46.3 Å². The second-order valence-corrected chi connectivity index (χ2v) is 4.32. The van der Waals surface area contributed by atoms with Crippen LogP contribution >= 0.6 is 0 Å². The SMILES string of the molecule is N#CC[C@@H](NC(=O)C1=C[C@@H](N)[C@@H](O)[C@H](O)C1)C(N)=O. The Bertz CT molecular complexity index is 442. The third-order valence-corrected chi connectivity index (χ3v) is 2.85. The van der Waals surface area contributed by atoms with E-state index in [4.69, 9.17) is 16.7 Å². The van der Waals surface area contributed by atoms with Crippen molar-refractivity contribution < 1.29 is 19.8 Å². The first-order valence-corrected chi connectivity index (χ1v) is 5.66. The van der Waals surface area contributed by atoms with Gasteiger partial charge >= 0.3 is 0 Å². The van der Waals surface area contributed by atoms with Crippen LogP contribution < -0.4 is 16.8 Å². The number of amides is 2. The van der Waals surface area contributed by atoms with Crippen LogP contribution in [0, 0.1) is 11.3 Å². The summed E-state index contributed by atoms with van der Waals surface area (Å²) in [6.45, 7) is 0. The van der Waals surface area contributed by atoms with Crippen LogP contribution in [-0.2, 0) is 9.59 Å². The Morgan fingerprint density at radius 3 is 2.68 bits per heavy atom.